The van der Waals surface area contributed by atoms with E-state index in [4.69, 9.17) is 21.6 Å². The van der Waals surface area contributed by atoms with Gasteiger partial charge in [-0.05, 0) is 59.5 Å². The van der Waals surface area contributed by atoms with Crippen molar-refractivity contribution in [1.82, 2.24) is 24.9 Å². The van der Waals surface area contributed by atoms with Crippen molar-refractivity contribution in [2.24, 2.45) is 10.2 Å². The fraction of sp³-hybridized carbons (Fsp3) is 0.148. The number of anilines is 5. The highest BCUT2D eigenvalue weighted by atomic mass is 35.5. The summed E-state index contributed by atoms with van der Waals surface area (Å²) in [6.45, 7) is 2.15. The Kier molecular flexibility index (Phi) is 10.4. The fourth-order valence-corrected chi connectivity index (χ4v) is 5.92. The Morgan fingerprint density at radius 2 is 1.72 bits per heavy atom. The number of fused-ring (bicyclic) bond motifs is 1. The third kappa shape index (κ3) is 8.26. The van der Waals surface area contributed by atoms with Gasteiger partial charge in [-0.15, -0.1) is 14.6 Å². The molecule has 0 atom stereocenters. The summed E-state index contributed by atoms with van der Waals surface area (Å²) < 4.78 is 71.0. The van der Waals surface area contributed by atoms with Gasteiger partial charge in [0.05, 0.1) is 30.2 Å². The third-order valence-electron chi connectivity index (χ3n) is 6.79. The van der Waals surface area contributed by atoms with Crippen LogP contribution in [0.5, 0.6) is 5.75 Å². The van der Waals surface area contributed by atoms with Crippen molar-refractivity contribution in [2.45, 2.75) is 9.79 Å². The van der Waals surface area contributed by atoms with Crippen LogP contribution in [0.1, 0.15) is 0 Å². The first-order valence-electron chi connectivity index (χ1n) is 13.9. The molecule has 50 heavy (non-hydrogen) atoms. The van der Waals surface area contributed by atoms with Gasteiger partial charge in [0.1, 0.15) is 22.1 Å². The van der Waals surface area contributed by atoms with Crippen LogP contribution in [-0.2, 0) is 24.2 Å². The maximum Gasteiger partial charge on any atom is 0.313 e. The molecule has 0 spiro atoms. The second-order valence-corrected chi connectivity index (χ2v) is 12.5. The normalized spacial score (nSPS) is 13.7. The Hall–Kier alpha value is -4.94. The van der Waals surface area contributed by atoms with Crippen LogP contribution in [-0.4, -0.2) is 74.6 Å². The van der Waals surface area contributed by atoms with Gasteiger partial charge in [-0.25, -0.2) is 5.26 Å². The van der Waals surface area contributed by atoms with Crippen molar-refractivity contribution in [3.05, 3.63) is 65.8 Å². The zero-order chi connectivity index (χ0) is 35.4. The molecule has 260 valence electrons. The van der Waals surface area contributed by atoms with E-state index in [1.807, 2.05) is 4.90 Å². The number of azo groups is 1. The van der Waals surface area contributed by atoms with E-state index in [0.29, 0.717) is 55.4 Å². The number of hydrogen-bond donors (Lipinski definition) is 5. The molecule has 1 aliphatic rings. The van der Waals surface area contributed by atoms with E-state index >= 15 is 0 Å². The lowest BCUT2D eigenvalue weighted by molar-refractivity contribution is -0.432. The number of aromatic hydroxyl groups is 1. The van der Waals surface area contributed by atoms with Gasteiger partial charge in [-0.1, -0.05) is 5.04 Å². The van der Waals surface area contributed by atoms with Gasteiger partial charge in [0.2, 0.25) is 23.1 Å². The molecule has 2 aromatic heterocycles. The van der Waals surface area contributed by atoms with Crippen LogP contribution in [0.3, 0.4) is 0 Å². The van der Waals surface area contributed by atoms with Crippen LogP contribution in [0, 0.1) is 12.0 Å². The number of benzene rings is 3. The Balaban J connectivity index is 1.34. The summed E-state index contributed by atoms with van der Waals surface area (Å²) in [5.41, 5.74) is -0.203. The monoisotopic (exact) mass is 750 g/mol. The Bertz CT molecular complexity index is 2200. The molecule has 6 rings (SSSR count). The first-order valence-corrected chi connectivity index (χ1v) is 16.5. The van der Waals surface area contributed by atoms with E-state index in [0.717, 1.165) is 18.2 Å². The maximum absolute atomic E-state index is 13.6. The molecule has 3 aromatic carbocycles. The van der Waals surface area contributed by atoms with Gasteiger partial charge < -0.3 is 25.4 Å². The third-order valence-corrected chi connectivity index (χ3v) is 8.48. The summed E-state index contributed by atoms with van der Waals surface area (Å²) in [6, 6.07) is 10.2. The SMILES string of the molecule is O=S(=O)(O)c1ccc(Nc2cc(F)nc(F)n2)cc1N=Nc1c(SOOO)cc2cc(Nc3nc(Cl)nc(N4CCOCC4)n3)ccc2c1O. The number of hydrogen-bond acceptors (Lipinski definition) is 18. The molecule has 5 aromatic rings. The Labute approximate surface area is 289 Å². The summed E-state index contributed by atoms with van der Waals surface area (Å²) >= 11 is 6.58. The molecule has 0 saturated carbocycles. The molecular formula is C27H21ClF2N10O8S2. The quantitative estimate of drug-likeness (QED) is 0.0202. The van der Waals surface area contributed by atoms with Gasteiger partial charge >= 0.3 is 6.08 Å². The Morgan fingerprint density at radius 1 is 0.960 bits per heavy atom. The van der Waals surface area contributed by atoms with Crippen LogP contribution in [0.25, 0.3) is 10.8 Å². The fourth-order valence-electron chi connectivity index (χ4n) is 4.67. The lowest BCUT2D eigenvalue weighted by Crippen LogP contribution is -2.37. The topological polar surface area (TPSA) is 239 Å². The van der Waals surface area contributed by atoms with Gasteiger partial charge in [0, 0.05) is 35.9 Å². The van der Waals surface area contributed by atoms with Crippen molar-refractivity contribution in [2.75, 3.05) is 41.8 Å². The van der Waals surface area contributed by atoms with E-state index < -0.39 is 38.5 Å². The molecule has 0 aliphatic carbocycles. The van der Waals surface area contributed by atoms with E-state index in [1.54, 1.807) is 12.1 Å². The first-order chi connectivity index (χ1) is 24.0. The minimum absolute atomic E-state index is 0.0254. The predicted octanol–water partition coefficient (Wildman–Crippen LogP) is 5.87. The van der Waals surface area contributed by atoms with Crippen molar-refractivity contribution in [3.63, 3.8) is 0 Å². The number of phenols is 1. The second kappa shape index (κ2) is 14.9. The lowest BCUT2D eigenvalue weighted by atomic mass is 10.1. The number of rotatable bonds is 11. The summed E-state index contributed by atoms with van der Waals surface area (Å²) in [5, 5.41) is 37.9. The summed E-state index contributed by atoms with van der Waals surface area (Å²) in [6.07, 6.45) is -1.36. The molecular weight excluding hydrogens is 730 g/mol. The van der Waals surface area contributed by atoms with Gasteiger partial charge in [0.25, 0.3) is 10.1 Å². The van der Waals surface area contributed by atoms with Crippen LogP contribution in [0.15, 0.2) is 68.6 Å². The van der Waals surface area contributed by atoms with E-state index in [2.05, 4.69) is 55.2 Å². The van der Waals surface area contributed by atoms with E-state index in [9.17, 15) is 26.9 Å². The highest BCUT2D eigenvalue weighted by Crippen LogP contribution is 2.45. The van der Waals surface area contributed by atoms with E-state index in [-0.39, 0.29) is 38.7 Å². The summed E-state index contributed by atoms with van der Waals surface area (Å²) in [5.74, 6) is -1.42. The highest BCUT2D eigenvalue weighted by Gasteiger charge is 2.20. The molecule has 0 bridgehead atoms. The number of morpholine rings is 1. The van der Waals surface area contributed by atoms with Crippen molar-refractivity contribution >= 4 is 85.0 Å². The smallest absolute Gasteiger partial charge is 0.313 e. The Morgan fingerprint density at radius 3 is 2.46 bits per heavy atom. The molecule has 1 fully saturated rings. The molecule has 1 saturated heterocycles. The second-order valence-electron chi connectivity index (χ2n) is 10.0. The molecule has 0 radical (unpaired) electrons. The molecule has 18 nitrogen and oxygen atoms in total. The van der Waals surface area contributed by atoms with E-state index in [1.165, 1.54) is 18.2 Å². The summed E-state index contributed by atoms with van der Waals surface area (Å²) in [7, 11) is -4.86. The van der Waals surface area contributed by atoms with Gasteiger partial charge in [0.15, 0.2) is 5.75 Å². The molecule has 0 unspecified atom stereocenters. The number of ether oxygens (including phenoxy) is 1. The average molecular weight is 751 g/mol. The number of halogens is 3. The van der Waals surface area contributed by atoms with Crippen LogP contribution in [0.2, 0.25) is 5.28 Å². The van der Waals surface area contributed by atoms with Gasteiger partial charge in [-0.3, -0.25) is 4.55 Å². The molecule has 23 heteroatoms. The molecule has 1 aliphatic heterocycles. The number of aromatic nitrogens is 5. The van der Waals surface area contributed by atoms with Crippen molar-refractivity contribution in [3.8, 4) is 5.75 Å². The van der Waals surface area contributed by atoms with Crippen molar-refractivity contribution in [1.29, 1.82) is 0 Å². The standard InChI is InChI=1S/C27H21ClF2N10O8S2/c28-24-35-26(37-27(36-24)40-5-7-46-8-6-40)32-14-1-3-16-13(9-14)10-18(49-48-47-42)22(23(16)41)39-38-17-11-15(2-4-19(17)50(43,44)45)31-21-12-20(29)33-25(30)34-21/h1-4,9-12,41-42H,5-8H2,(H,31,33,34)(H,43,44,45)(H,32,35,36,37). The number of nitrogens with one attached hydrogen (secondary N) is 2. The minimum Gasteiger partial charge on any atom is -0.505 e. The highest BCUT2D eigenvalue weighted by molar-refractivity contribution is 7.94. The summed E-state index contributed by atoms with van der Waals surface area (Å²) in [4.78, 5) is 20.3. The molecule has 5 N–H and O–H groups in total. The minimum atomic E-state index is -4.86. The largest absolute Gasteiger partial charge is 0.505 e. The van der Waals surface area contributed by atoms with Crippen LogP contribution < -0.4 is 15.5 Å². The average Bonchev–Trinajstić information content (AvgIpc) is 3.06. The number of nitrogens with zero attached hydrogens (tertiary/aromatic N) is 8. The zero-order valence-corrected chi connectivity index (χ0v) is 27.2. The van der Waals surface area contributed by atoms with Crippen LogP contribution >= 0.6 is 23.6 Å². The van der Waals surface area contributed by atoms with Gasteiger partial charge in [-0.2, -0.15) is 42.1 Å². The molecule has 0 amide bonds. The molecule has 3 heterocycles. The zero-order valence-electron chi connectivity index (χ0n) is 24.9. The number of phenolic OH excluding ortho intramolecular Hbond substituents is 1. The van der Waals surface area contributed by atoms with Crippen LogP contribution in [0.4, 0.5) is 49.2 Å². The first kappa shape index (κ1) is 34.9. The maximum atomic E-state index is 13.6. The lowest BCUT2D eigenvalue weighted by Gasteiger charge is -2.26. The van der Waals surface area contributed by atoms with Crippen molar-refractivity contribution < 1.29 is 46.2 Å². The predicted molar refractivity (Wildman–Crippen MR) is 173 cm³/mol.